The van der Waals surface area contributed by atoms with Gasteiger partial charge in [0.15, 0.2) is 5.58 Å². The Bertz CT molecular complexity index is 1530. The Labute approximate surface area is 201 Å². The van der Waals surface area contributed by atoms with Crippen molar-refractivity contribution in [3.05, 3.63) is 101 Å². The number of nitrogens with zero attached hydrogens (tertiary/aromatic N) is 2. The van der Waals surface area contributed by atoms with Crippen molar-refractivity contribution in [2.24, 2.45) is 0 Å². The van der Waals surface area contributed by atoms with Crippen LogP contribution in [0.5, 0.6) is 0 Å². The molecule has 0 fully saturated rings. The highest BCUT2D eigenvalue weighted by Gasteiger charge is 2.32. The van der Waals surface area contributed by atoms with Gasteiger partial charge in [0.25, 0.3) is 0 Å². The Morgan fingerprint density at radius 2 is 1.68 bits per heavy atom. The van der Waals surface area contributed by atoms with Crippen LogP contribution in [-0.2, 0) is 0 Å². The first-order chi connectivity index (χ1) is 16.4. The maximum atomic E-state index is 6.42. The summed E-state index contributed by atoms with van der Waals surface area (Å²) in [4.78, 5) is 4.76. The molecular weight excluding hydrogens is 416 g/mol. The van der Waals surface area contributed by atoms with Crippen LogP contribution in [0.3, 0.4) is 0 Å². The molecule has 3 aromatic carbocycles. The van der Waals surface area contributed by atoms with E-state index in [1.807, 2.05) is 6.07 Å². The number of anilines is 1. The minimum absolute atomic E-state index is 0.174. The zero-order valence-corrected chi connectivity index (χ0v) is 20.5. The summed E-state index contributed by atoms with van der Waals surface area (Å²) < 4.78 is 6.42. The van der Waals surface area contributed by atoms with Crippen molar-refractivity contribution in [2.45, 2.75) is 40.3 Å². The number of aryl methyl sites for hydroxylation is 3. The molecule has 170 valence electrons. The van der Waals surface area contributed by atoms with E-state index in [4.69, 9.17) is 4.42 Å². The number of fused-ring (bicyclic) bond motifs is 3. The van der Waals surface area contributed by atoms with Crippen LogP contribution >= 0.6 is 0 Å². The summed E-state index contributed by atoms with van der Waals surface area (Å²) in [6.45, 7) is 8.91. The van der Waals surface area contributed by atoms with E-state index in [2.05, 4.69) is 111 Å². The lowest BCUT2D eigenvalue weighted by atomic mass is 9.93. The number of para-hydroxylation sites is 1. The molecule has 2 heterocycles. The Morgan fingerprint density at radius 1 is 0.912 bits per heavy atom. The zero-order valence-electron chi connectivity index (χ0n) is 20.5. The molecule has 0 saturated carbocycles. The third kappa shape index (κ3) is 3.03. The van der Waals surface area contributed by atoms with Crippen LogP contribution in [0, 0.1) is 20.8 Å². The molecule has 1 aromatic heterocycles. The fourth-order valence-electron chi connectivity index (χ4n) is 5.62. The molecule has 6 rings (SSSR count). The van der Waals surface area contributed by atoms with Crippen LogP contribution in [-0.4, -0.2) is 18.1 Å². The number of hydrogen-bond donors (Lipinski definition) is 0. The summed E-state index contributed by atoms with van der Waals surface area (Å²) in [7, 11) is 2.20. The molecule has 0 N–H and O–H groups in total. The van der Waals surface area contributed by atoms with Gasteiger partial charge in [0.05, 0.1) is 11.4 Å². The summed E-state index contributed by atoms with van der Waals surface area (Å²) in [5.74, 6) is 0. The van der Waals surface area contributed by atoms with Crippen molar-refractivity contribution in [2.75, 3.05) is 11.9 Å². The average Bonchev–Trinajstić information content (AvgIpc) is 3.54. The summed E-state index contributed by atoms with van der Waals surface area (Å²) in [6.07, 6.45) is 10.1. The van der Waals surface area contributed by atoms with Gasteiger partial charge in [0.2, 0.25) is 0 Å². The lowest BCUT2D eigenvalue weighted by Crippen LogP contribution is -2.34. The fourth-order valence-corrected chi connectivity index (χ4v) is 5.62. The maximum Gasteiger partial charge on any atom is 0.159 e. The second-order valence-electron chi connectivity index (χ2n) is 9.68. The van der Waals surface area contributed by atoms with Crippen molar-refractivity contribution < 1.29 is 4.42 Å². The highest BCUT2D eigenvalue weighted by atomic mass is 16.3. The van der Waals surface area contributed by atoms with Crippen LogP contribution in [0.15, 0.2) is 77.4 Å². The number of furan rings is 1. The first-order valence-electron chi connectivity index (χ1n) is 12.1. The largest absolute Gasteiger partial charge is 0.454 e. The van der Waals surface area contributed by atoms with Crippen LogP contribution in [0.1, 0.15) is 41.2 Å². The first kappa shape index (κ1) is 20.9. The minimum atomic E-state index is 0.174. The van der Waals surface area contributed by atoms with Crippen LogP contribution in [0.4, 0.5) is 5.69 Å². The SMILES string of the molecule is Cc1cc(C2=CC=CC2)cc(C)c1C1=CN(c2c(C)ccc3c2oc2ccccc23)[C@H](C)N1C. The topological polar surface area (TPSA) is 19.6 Å². The molecule has 1 aliphatic carbocycles. The summed E-state index contributed by atoms with van der Waals surface area (Å²) in [6, 6.07) is 17.4. The van der Waals surface area contributed by atoms with Gasteiger partial charge in [-0.2, -0.15) is 0 Å². The highest BCUT2D eigenvalue weighted by Crippen LogP contribution is 2.43. The molecule has 34 heavy (non-hydrogen) atoms. The third-order valence-electron chi connectivity index (χ3n) is 7.52. The lowest BCUT2D eigenvalue weighted by molar-refractivity contribution is 0.399. The molecule has 0 spiro atoms. The molecule has 3 heteroatoms. The quantitative estimate of drug-likeness (QED) is 0.318. The Morgan fingerprint density at radius 3 is 2.41 bits per heavy atom. The summed E-state index contributed by atoms with van der Waals surface area (Å²) in [5, 5.41) is 2.34. The van der Waals surface area contributed by atoms with E-state index in [1.165, 1.54) is 49.9 Å². The number of hydrogen-bond acceptors (Lipinski definition) is 3. The van der Waals surface area contributed by atoms with Crippen molar-refractivity contribution in [3.63, 3.8) is 0 Å². The van der Waals surface area contributed by atoms with E-state index in [9.17, 15) is 0 Å². The summed E-state index contributed by atoms with van der Waals surface area (Å²) in [5.41, 5.74) is 12.2. The van der Waals surface area contributed by atoms with Crippen molar-refractivity contribution in [3.8, 4) is 0 Å². The molecule has 0 unspecified atom stereocenters. The van der Waals surface area contributed by atoms with Gasteiger partial charge < -0.3 is 14.2 Å². The van der Waals surface area contributed by atoms with E-state index in [-0.39, 0.29) is 6.17 Å². The summed E-state index contributed by atoms with van der Waals surface area (Å²) >= 11 is 0. The van der Waals surface area contributed by atoms with Gasteiger partial charge in [0.1, 0.15) is 11.7 Å². The third-order valence-corrected chi connectivity index (χ3v) is 7.52. The predicted molar refractivity (Wildman–Crippen MR) is 144 cm³/mol. The van der Waals surface area contributed by atoms with Gasteiger partial charge >= 0.3 is 0 Å². The number of allylic oxidation sites excluding steroid dienone is 4. The van der Waals surface area contributed by atoms with Crippen molar-refractivity contribution in [1.29, 1.82) is 0 Å². The van der Waals surface area contributed by atoms with Gasteiger partial charge in [-0.25, -0.2) is 0 Å². The van der Waals surface area contributed by atoms with Gasteiger partial charge in [-0.15, -0.1) is 0 Å². The van der Waals surface area contributed by atoms with Crippen LogP contribution in [0.25, 0.3) is 33.2 Å². The monoisotopic (exact) mass is 446 g/mol. The van der Waals surface area contributed by atoms with E-state index >= 15 is 0 Å². The molecule has 3 nitrogen and oxygen atoms in total. The fraction of sp³-hybridized carbons (Fsp3) is 0.226. The molecule has 0 amide bonds. The molecule has 1 aliphatic heterocycles. The van der Waals surface area contributed by atoms with Gasteiger partial charge in [-0.3, -0.25) is 0 Å². The molecule has 1 atom stereocenters. The molecule has 0 saturated heterocycles. The molecular formula is C31H30N2O. The predicted octanol–water partition coefficient (Wildman–Crippen LogP) is 7.95. The van der Waals surface area contributed by atoms with E-state index < -0.39 is 0 Å². The maximum absolute atomic E-state index is 6.42. The Hall–Kier alpha value is -3.72. The standard InChI is InChI=1S/C31H30N2O/c1-19-14-15-26-25-12-8-9-13-28(25)34-31(26)30(19)33-18-27(32(5)22(33)4)29-20(2)16-24(17-21(29)3)23-10-6-7-11-23/h6-10,12-18,22H,11H2,1-5H3/t22-/m1/s1. The van der Waals surface area contributed by atoms with Gasteiger partial charge in [0, 0.05) is 29.6 Å². The molecule has 2 aliphatic rings. The second kappa shape index (κ2) is 7.66. The Balaban J connectivity index is 1.49. The van der Waals surface area contributed by atoms with Crippen LogP contribution in [0.2, 0.25) is 0 Å². The average molecular weight is 447 g/mol. The molecule has 0 radical (unpaired) electrons. The highest BCUT2D eigenvalue weighted by molar-refractivity contribution is 6.10. The number of rotatable bonds is 3. The minimum Gasteiger partial charge on any atom is -0.454 e. The Kier molecular flexibility index (Phi) is 4.70. The first-order valence-corrected chi connectivity index (χ1v) is 12.1. The van der Waals surface area contributed by atoms with Gasteiger partial charge in [-0.05, 0) is 68.0 Å². The normalized spacial score (nSPS) is 17.9. The van der Waals surface area contributed by atoms with E-state index in [0.29, 0.717) is 0 Å². The lowest BCUT2D eigenvalue weighted by Gasteiger charge is -2.30. The van der Waals surface area contributed by atoms with Crippen molar-refractivity contribution in [1.82, 2.24) is 4.90 Å². The van der Waals surface area contributed by atoms with Crippen molar-refractivity contribution >= 4 is 38.9 Å². The smallest absolute Gasteiger partial charge is 0.159 e. The second-order valence-corrected chi connectivity index (χ2v) is 9.68. The molecule has 0 bridgehead atoms. The van der Waals surface area contributed by atoms with Gasteiger partial charge in [-0.1, -0.05) is 60.7 Å². The molecule has 4 aromatic rings. The zero-order chi connectivity index (χ0) is 23.6. The van der Waals surface area contributed by atoms with Crippen LogP contribution < -0.4 is 4.90 Å². The number of benzene rings is 3. The van der Waals surface area contributed by atoms with E-state index in [1.54, 1.807) is 0 Å². The van der Waals surface area contributed by atoms with E-state index in [0.717, 1.165) is 23.3 Å².